The smallest absolute Gasteiger partial charge is 0.234 e. The number of hydrogen-bond acceptors (Lipinski definition) is 4. The number of halogens is 2. The van der Waals surface area contributed by atoms with Gasteiger partial charge in [0.2, 0.25) is 11.8 Å². The summed E-state index contributed by atoms with van der Waals surface area (Å²) >= 11 is 0. The van der Waals surface area contributed by atoms with Gasteiger partial charge in [-0.3, -0.25) is 14.9 Å². The van der Waals surface area contributed by atoms with Crippen LogP contribution < -0.4 is 10.2 Å². The van der Waals surface area contributed by atoms with E-state index in [1.165, 1.54) is 12.1 Å². The molecule has 1 N–H and O–H groups in total. The molecule has 2 aliphatic rings. The predicted octanol–water partition coefficient (Wildman–Crippen LogP) is 1.12. The van der Waals surface area contributed by atoms with Gasteiger partial charge in [0.1, 0.15) is 17.9 Å². The minimum absolute atomic E-state index is 0.0597. The zero-order valence-corrected chi connectivity index (χ0v) is 11.6. The van der Waals surface area contributed by atoms with Crippen molar-refractivity contribution in [3.63, 3.8) is 0 Å². The molecule has 116 valence electrons. The summed E-state index contributed by atoms with van der Waals surface area (Å²) in [5, 5.41) is 2.09. The zero-order chi connectivity index (χ0) is 15.9. The average Bonchev–Trinajstić information content (AvgIpc) is 2.39. The molecule has 0 bridgehead atoms. The molecule has 0 aliphatic carbocycles. The SMILES string of the molecule is O=CC1CN(c2cc(F)c([C@H]3CCC(=O)NC3=O)c(F)c2)C1. The van der Waals surface area contributed by atoms with E-state index in [0.29, 0.717) is 18.8 Å². The second kappa shape index (κ2) is 5.47. The quantitative estimate of drug-likeness (QED) is 0.671. The standard InChI is InChI=1S/C15H14F2N2O3/c16-11-3-9(19-5-8(6-19)7-20)4-12(17)14(11)10-1-2-13(21)18-15(10)22/h3-4,7-8,10H,1-2,5-6H2,(H,18,21,22)/t10-/m1/s1. The lowest BCUT2D eigenvalue weighted by atomic mass is 9.89. The first-order valence-corrected chi connectivity index (χ1v) is 7.02. The van der Waals surface area contributed by atoms with E-state index in [0.717, 1.165) is 6.29 Å². The maximum atomic E-state index is 14.3. The number of rotatable bonds is 3. The number of nitrogens with one attached hydrogen (secondary N) is 1. The molecule has 0 radical (unpaired) electrons. The molecule has 2 heterocycles. The van der Waals surface area contributed by atoms with E-state index in [-0.39, 0.29) is 24.3 Å². The second-order valence-corrected chi connectivity index (χ2v) is 5.63. The summed E-state index contributed by atoms with van der Waals surface area (Å²) in [6.45, 7) is 0.861. The predicted molar refractivity (Wildman–Crippen MR) is 73.2 cm³/mol. The Balaban J connectivity index is 1.86. The summed E-state index contributed by atoms with van der Waals surface area (Å²) in [4.78, 5) is 35.1. The Bertz CT molecular complexity index is 633. The molecule has 1 atom stereocenters. The molecule has 22 heavy (non-hydrogen) atoms. The Morgan fingerprint density at radius 1 is 1.18 bits per heavy atom. The average molecular weight is 308 g/mol. The van der Waals surface area contributed by atoms with Crippen LogP contribution in [0.3, 0.4) is 0 Å². The van der Waals surface area contributed by atoms with Gasteiger partial charge in [-0.05, 0) is 18.6 Å². The number of aldehydes is 1. The Hall–Kier alpha value is -2.31. The third kappa shape index (κ3) is 2.47. The monoisotopic (exact) mass is 308 g/mol. The van der Waals surface area contributed by atoms with Crippen LogP contribution in [0, 0.1) is 17.6 Å². The van der Waals surface area contributed by atoms with Crippen LogP contribution in [-0.4, -0.2) is 31.2 Å². The number of carbonyl (C=O) groups excluding carboxylic acids is 3. The lowest BCUT2D eigenvalue weighted by molar-refractivity contribution is -0.134. The van der Waals surface area contributed by atoms with Crippen molar-refractivity contribution in [3.8, 4) is 0 Å². The van der Waals surface area contributed by atoms with Gasteiger partial charge in [-0.15, -0.1) is 0 Å². The van der Waals surface area contributed by atoms with E-state index in [9.17, 15) is 23.2 Å². The lowest BCUT2D eigenvalue weighted by Crippen LogP contribution is -2.47. The van der Waals surface area contributed by atoms with Gasteiger partial charge in [0, 0.05) is 36.7 Å². The van der Waals surface area contributed by atoms with Crippen molar-refractivity contribution >= 4 is 23.8 Å². The fourth-order valence-electron chi connectivity index (χ4n) is 2.86. The van der Waals surface area contributed by atoms with Crippen LogP contribution in [0.4, 0.5) is 14.5 Å². The lowest BCUT2D eigenvalue weighted by Gasteiger charge is -2.38. The first-order chi connectivity index (χ1) is 10.5. The first-order valence-electron chi connectivity index (χ1n) is 7.02. The number of anilines is 1. The van der Waals surface area contributed by atoms with Crippen molar-refractivity contribution < 1.29 is 23.2 Å². The molecule has 3 rings (SSSR count). The Labute approximate surface area is 125 Å². The largest absolute Gasteiger partial charge is 0.370 e. The van der Waals surface area contributed by atoms with Crippen LogP contribution in [0.5, 0.6) is 0 Å². The number of amides is 2. The van der Waals surface area contributed by atoms with E-state index >= 15 is 0 Å². The van der Waals surface area contributed by atoms with E-state index in [1.807, 2.05) is 0 Å². The molecule has 0 spiro atoms. The summed E-state index contributed by atoms with van der Waals surface area (Å²) in [6, 6.07) is 2.34. The molecule has 2 amide bonds. The molecule has 7 heteroatoms. The molecule has 1 aromatic rings. The summed E-state index contributed by atoms with van der Waals surface area (Å²) in [7, 11) is 0. The zero-order valence-electron chi connectivity index (χ0n) is 11.6. The summed E-state index contributed by atoms with van der Waals surface area (Å²) in [5.74, 6) is -3.82. The number of benzene rings is 1. The number of imide groups is 1. The summed E-state index contributed by atoms with van der Waals surface area (Å²) < 4.78 is 28.5. The third-order valence-electron chi connectivity index (χ3n) is 4.12. The van der Waals surface area contributed by atoms with E-state index in [2.05, 4.69) is 5.32 Å². The highest BCUT2D eigenvalue weighted by Gasteiger charge is 2.34. The number of hydrogen-bond donors (Lipinski definition) is 1. The summed E-state index contributed by atoms with van der Waals surface area (Å²) in [5.41, 5.74) is 0.0466. The highest BCUT2D eigenvalue weighted by atomic mass is 19.1. The van der Waals surface area contributed by atoms with Crippen LogP contribution in [0.2, 0.25) is 0 Å². The van der Waals surface area contributed by atoms with Crippen molar-refractivity contribution in [3.05, 3.63) is 29.3 Å². The normalized spacial score (nSPS) is 22.3. The minimum Gasteiger partial charge on any atom is -0.370 e. The molecule has 0 saturated carbocycles. The molecule has 5 nitrogen and oxygen atoms in total. The molecule has 2 saturated heterocycles. The van der Waals surface area contributed by atoms with Gasteiger partial charge in [-0.2, -0.15) is 0 Å². The molecule has 2 aliphatic heterocycles. The Kier molecular flexibility index (Phi) is 3.64. The van der Waals surface area contributed by atoms with Gasteiger partial charge < -0.3 is 9.69 Å². The highest BCUT2D eigenvalue weighted by Crippen LogP contribution is 2.33. The van der Waals surface area contributed by atoms with Crippen molar-refractivity contribution in [2.45, 2.75) is 18.8 Å². The van der Waals surface area contributed by atoms with Crippen molar-refractivity contribution in [2.75, 3.05) is 18.0 Å². The van der Waals surface area contributed by atoms with Crippen molar-refractivity contribution in [2.24, 2.45) is 5.92 Å². The Morgan fingerprint density at radius 2 is 1.82 bits per heavy atom. The van der Waals surface area contributed by atoms with Gasteiger partial charge in [0.15, 0.2) is 0 Å². The minimum atomic E-state index is -0.995. The molecular formula is C15H14F2N2O3. The maximum absolute atomic E-state index is 14.3. The third-order valence-corrected chi connectivity index (χ3v) is 4.12. The van der Waals surface area contributed by atoms with E-state index in [4.69, 9.17) is 0 Å². The number of nitrogens with zero attached hydrogens (tertiary/aromatic N) is 1. The molecular weight excluding hydrogens is 294 g/mol. The highest BCUT2D eigenvalue weighted by molar-refractivity contribution is 6.01. The maximum Gasteiger partial charge on any atom is 0.234 e. The van der Waals surface area contributed by atoms with Gasteiger partial charge >= 0.3 is 0 Å². The molecule has 1 aromatic carbocycles. The van der Waals surface area contributed by atoms with Crippen LogP contribution in [0.25, 0.3) is 0 Å². The van der Waals surface area contributed by atoms with Gasteiger partial charge in [-0.25, -0.2) is 8.78 Å². The first kappa shape index (κ1) is 14.6. The molecule has 2 fully saturated rings. The van der Waals surface area contributed by atoms with Gasteiger partial charge in [0.05, 0.1) is 5.92 Å². The van der Waals surface area contributed by atoms with Gasteiger partial charge in [-0.1, -0.05) is 0 Å². The van der Waals surface area contributed by atoms with Crippen molar-refractivity contribution in [1.82, 2.24) is 5.32 Å². The molecule has 0 unspecified atom stereocenters. The van der Waals surface area contributed by atoms with Crippen LogP contribution in [0.1, 0.15) is 24.3 Å². The fourth-order valence-corrected chi connectivity index (χ4v) is 2.86. The van der Waals surface area contributed by atoms with Crippen LogP contribution >= 0.6 is 0 Å². The van der Waals surface area contributed by atoms with Crippen molar-refractivity contribution in [1.29, 1.82) is 0 Å². The van der Waals surface area contributed by atoms with E-state index < -0.39 is 29.4 Å². The fraction of sp³-hybridized carbons (Fsp3) is 0.400. The number of piperidine rings is 1. The van der Waals surface area contributed by atoms with Crippen LogP contribution in [0.15, 0.2) is 12.1 Å². The topological polar surface area (TPSA) is 66.5 Å². The van der Waals surface area contributed by atoms with E-state index in [1.54, 1.807) is 4.90 Å². The number of carbonyl (C=O) groups is 3. The summed E-state index contributed by atoms with van der Waals surface area (Å²) in [6.07, 6.45) is 0.972. The van der Waals surface area contributed by atoms with Crippen LogP contribution in [-0.2, 0) is 14.4 Å². The Morgan fingerprint density at radius 3 is 2.36 bits per heavy atom. The van der Waals surface area contributed by atoms with Gasteiger partial charge in [0.25, 0.3) is 0 Å². The molecule has 0 aromatic heterocycles. The second-order valence-electron chi connectivity index (χ2n) is 5.63.